The average Bonchev–Trinajstić information content (AvgIpc) is 3.45. The van der Waals surface area contributed by atoms with Crippen molar-refractivity contribution >= 4 is 29.1 Å². The van der Waals surface area contributed by atoms with E-state index in [1.165, 1.54) is 4.90 Å². The SMILES string of the molecule is CC(C)CC(C(=O)Nc1cccc(-c2ccccc2)c1)C(=O)N1C[C@]2(C[C@H]1C#N)C(=O)Nc1ccccc12. The van der Waals surface area contributed by atoms with E-state index in [0.717, 1.165) is 16.7 Å². The van der Waals surface area contributed by atoms with Crippen LogP contribution in [-0.2, 0) is 19.8 Å². The Kier molecular flexibility index (Phi) is 6.73. The molecule has 7 heteroatoms. The van der Waals surface area contributed by atoms with Crippen molar-refractivity contribution in [2.45, 2.75) is 38.1 Å². The van der Waals surface area contributed by atoms with Crippen molar-refractivity contribution in [2.24, 2.45) is 11.8 Å². The van der Waals surface area contributed by atoms with E-state index < -0.39 is 29.2 Å². The van der Waals surface area contributed by atoms with Crippen LogP contribution in [0.25, 0.3) is 11.1 Å². The van der Waals surface area contributed by atoms with Crippen LogP contribution >= 0.6 is 0 Å². The fraction of sp³-hybridized carbons (Fsp3) is 0.290. The van der Waals surface area contributed by atoms with E-state index in [9.17, 15) is 19.6 Å². The van der Waals surface area contributed by atoms with E-state index in [2.05, 4.69) is 16.7 Å². The number of nitriles is 1. The Bertz CT molecular complexity index is 1430. The van der Waals surface area contributed by atoms with Crippen LogP contribution in [0, 0.1) is 23.2 Å². The van der Waals surface area contributed by atoms with E-state index in [1.807, 2.05) is 86.6 Å². The highest BCUT2D eigenvalue weighted by atomic mass is 16.2. The number of carbonyl (C=O) groups is 3. The summed E-state index contributed by atoms with van der Waals surface area (Å²) in [6, 6.07) is 26.1. The lowest BCUT2D eigenvalue weighted by atomic mass is 9.80. The van der Waals surface area contributed by atoms with Crippen LogP contribution in [0.1, 0.15) is 32.3 Å². The van der Waals surface area contributed by atoms with Crippen molar-refractivity contribution < 1.29 is 14.4 Å². The minimum atomic E-state index is -0.991. The zero-order valence-electron chi connectivity index (χ0n) is 21.5. The van der Waals surface area contributed by atoms with Crippen molar-refractivity contribution in [2.75, 3.05) is 17.2 Å². The number of hydrogen-bond donors (Lipinski definition) is 2. The number of nitrogens with one attached hydrogen (secondary N) is 2. The fourth-order valence-corrected chi connectivity index (χ4v) is 5.61. The minimum absolute atomic E-state index is 0.0676. The van der Waals surface area contributed by atoms with Gasteiger partial charge in [-0.05, 0) is 47.2 Å². The molecule has 3 aromatic carbocycles. The molecule has 7 nitrogen and oxygen atoms in total. The van der Waals surface area contributed by atoms with Gasteiger partial charge in [0.15, 0.2) is 0 Å². The third-order valence-electron chi connectivity index (χ3n) is 7.47. The van der Waals surface area contributed by atoms with Gasteiger partial charge in [0.1, 0.15) is 12.0 Å². The quantitative estimate of drug-likeness (QED) is 0.461. The van der Waals surface area contributed by atoms with Crippen molar-refractivity contribution in [3.05, 3.63) is 84.4 Å². The topological polar surface area (TPSA) is 102 Å². The molecule has 3 atom stereocenters. The molecule has 192 valence electrons. The maximum atomic E-state index is 13.9. The Labute approximate surface area is 222 Å². The van der Waals surface area contributed by atoms with Gasteiger partial charge in [-0.15, -0.1) is 0 Å². The number of para-hydroxylation sites is 1. The van der Waals surface area contributed by atoms with E-state index in [-0.39, 0.29) is 24.8 Å². The molecule has 0 aromatic heterocycles. The van der Waals surface area contributed by atoms with Crippen LogP contribution in [0.15, 0.2) is 78.9 Å². The second kappa shape index (κ2) is 10.1. The molecule has 2 aliphatic rings. The van der Waals surface area contributed by atoms with Gasteiger partial charge in [0.2, 0.25) is 17.7 Å². The van der Waals surface area contributed by atoms with Gasteiger partial charge in [-0.1, -0.05) is 74.5 Å². The van der Waals surface area contributed by atoms with Crippen LogP contribution in [0.3, 0.4) is 0 Å². The van der Waals surface area contributed by atoms with Crippen LogP contribution in [0.2, 0.25) is 0 Å². The second-order valence-electron chi connectivity index (χ2n) is 10.5. The molecule has 1 spiro atoms. The molecule has 1 fully saturated rings. The summed E-state index contributed by atoms with van der Waals surface area (Å²) in [6.45, 7) is 3.98. The van der Waals surface area contributed by atoms with Crippen LogP contribution < -0.4 is 10.6 Å². The highest BCUT2D eigenvalue weighted by Gasteiger charge is 2.56. The number of benzene rings is 3. The molecule has 2 N–H and O–H groups in total. The lowest BCUT2D eigenvalue weighted by Crippen LogP contribution is -2.45. The van der Waals surface area contributed by atoms with Gasteiger partial charge in [0.05, 0.1) is 11.5 Å². The summed E-state index contributed by atoms with van der Waals surface area (Å²) in [5, 5.41) is 15.8. The molecule has 5 rings (SSSR count). The molecule has 1 saturated heterocycles. The second-order valence-corrected chi connectivity index (χ2v) is 10.5. The third kappa shape index (κ3) is 4.54. The number of nitrogens with zero attached hydrogens (tertiary/aromatic N) is 2. The van der Waals surface area contributed by atoms with E-state index >= 15 is 0 Å². The Morgan fingerprint density at radius 1 is 1.05 bits per heavy atom. The van der Waals surface area contributed by atoms with E-state index in [0.29, 0.717) is 17.8 Å². The van der Waals surface area contributed by atoms with Gasteiger partial charge in [-0.2, -0.15) is 5.26 Å². The van der Waals surface area contributed by atoms with Gasteiger partial charge in [0.25, 0.3) is 0 Å². The normalized spacial score (nSPS) is 20.6. The van der Waals surface area contributed by atoms with Gasteiger partial charge in [0, 0.05) is 24.3 Å². The zero-order chi connectivity index (χ0) is 26.9. The maximum absolute atomic E-state index is 13.9. The predicted octanol–water partition coefficient (Wildman–Crippen LogP) is 4.97. The Morgan fingerprint density at radius 3 is 2.50 bits per heavy atom. The lowest BCUT2D eigenvalue weighted by molar-refractivity contribution is -0.141. The summed E-state index contributed by atoms with van der Waals surface area (Å²) < 4.78 is 0. The summed E-state index contributed by atoms with van der Waals surface area (Å²) in [6.07, 6.45) is 0.528. The highest BCUT2D eigenvalue weighted by Crippen LogP contribution is 2.46. The zero-order valence-corrected chi connectivity index (χ0v) is 21.5. The maximum Gasteiger partial charge on any atom is 0.237 e. The van der Waals surface area contributed by atoms with Gasteiger partial charge >= 0.3 is 0 Å². The molecule has 2 heterocycles. The summed E-state index contributed by atoms with van der Waals surface area (Å²) in [4.78, 5) is 42.0. The molecule has 2 aliphatic heterocycles. The first-order valence-corrected chi connectivity index (χ1v) is 12.9. The van der Waals surface area contributed by atoms with E-state index in [4.69, 9.17) is 0 Å². The molecule has 0 aliphatic carbocycles. The largest absolute Gasteiger partial charge is 0.325 e. The Hall–Kier alpha value is -4.44. The number of hydrogen-bond acceptors (Lipinski definition) is 4. The molecule has 1 unspecified atom stereocenters. The number of likely N-dealkylation sites (tertiary alicyclic amines) is 1. The number of rotatable bonds is 6. The fourth-order valence-electron chi connectivity index (χ4n) is 5.61. The first-order chi connectivity index (χ1) is 18.3. The van der Waals surface area contributed by atoms with Crippen LogP contribution in [-0.4, -0.2) is 35.2 Å². The van der Waals surface area contributed by atoms with Gasteiger partial charge in [-0.3, -0.25) is 14.4 Å². The third-order valence-corrected chi connectivity index (χ3v) is 7.47. The number of fused-ring (bicyclic) bond motifs is 2. The number of amides is 3. The summed E-state index contributed by atoms with van der Waals surface area (Å²) >= 11 is 0. The monoisotopic (exact) mass is 506 g/mol. The van der Waals surface area contributed by atoms with Crippen molar-refractivity contribution in [3.63, 3.8) is 0 Å². The number of anilines is 2. The predicted molar refractivity (Wildman–Crippen MR) is 146 cm³/mol. The molecular weight excluding hydrogens is 476 g/mol. The molecule has 0 radical (unpaired) electrons. The first kappa shape index (κ1) is 25.2. The van der Waals surface area contributed by atoms with Crippen LogP contribution in [0.5, 0.6) is 0 Å². The summed E-state index contributed by atoms with van der Waals surface area (Å²) in [7, 11) is 0. The molecular formula is C31H30N4O3. The van der Waals surface area contributed by atoms with Crippen LogP contribution in [0.4, 0.5) is 11.4 Å². The van der Waals surface area contributed by atoms with Crippen molar-refractivity contribution in [1.29, 1.82) is 5.26 Å². The summed E-state index contributed by atoms with van der Waals surface area (Å²) in [5.74, 6) is -1.96. The smallest absolute Gasteiger partial charge is 0.237 e. The summed E-state index contributed by atoms with van der Waals surface area (Å²) in [5.41, 5.74) is 3.08. The highest BCUT2D eigenvalue weighted by molar-refractivity contribution is 6.09. The van der Waals surface area contributed by atoms with Gasteiger partial charge in [-0.25, -0.2) is 0 Å². The Balaban J connectivity index is 1.40. The molecule has 0 bridgehead atoms. The van der Waals surface area contributed by atoms with Crippen molar-refractivity contribution in [3.8, 4) is 17.2 Å². The molecule has 0 saturated carbocycles. The standard InChI is InChI=1S/C31H30N4O3/c1-20(2)15-25(28(36)33-23-12-8-11-22(16-23)21-9-4-3-5-10-21)29(37)35-19-31(17-24(35)18-32)26-13-6-7-14-27(26)34-30(31)38/h3-14,16,20,24-25H,15,17,19H2,1-2H3,(H,33,36)(H,34,38)/t24-,25?,31-/m0/s1. The molecule has 38 heavy (non-hydrogen) atoms. The molecule has 3 amide bonds. The minimum Gasteiger partial charge on any atom is -0.325 e. The first-order valence-electron chi connectivity index (χ1n) is 12.9. The van der Waals surface area contributed by atoms with Gasteiger partial charge < -0.3 is 15.5 Å². The average molecular weight is 507 g/mol. The van der Waals surface area contributed by atoms with Crippen molar-refractivity contribution in [1.82, 2.24) is 4.90 Å². The molecule has 3 aromatic rings. The Morgan fingerprint density at radius 2 is 1.76 bits per heavy atom. The lowest BCUT2D eigenvalue weighted by Gasteiger charge is -2.27. The van der Waals surface area contributed by atoms with E-state index in [1.54, 1.807) is 6.07 Å². The number of carbonyl (C=O) groups excluding carboxylic acids is 3.